The van der Waals surface area contributed by atoms with E-state index in [1.807, 2.05) is 25.1 Å². The van der Waals surface area contributed by atoms with E-state index in [4.69, 9.17) is 5.73 Å². The molecule has 4 heteroatoms. The molecule has 4 nitrogen and oxygen atoms in total. The highest BCUT2D eigenvalue weighted by Gasteiger charge is 2.21. The molecule has 0 saturated carbocycles. The SMILES string of the molecule is Cc1cc(N)cc(NC2CCCNC2=O)c1. The number of piperidine rings is 1. The number of carbonyl (C=O) groups excluding carboxylic acids is 1. The van der Waals surface area contributed by atoms with Gasteiger partial charge in [0.05, 0.1) is 0 Å². The Morgan fingerprint density at radius 1 is 1.44 bits per heavy atom. The molecular formula is C12H17N3O. The molecule has 1 fully saturated rings. The van der Waals surface area contributed by atoms with Gasteiger partial charge in [0.25, 0.3) is 0 Å². The fourth-order valence-electron chi connectivity index (χ4n) is 2.01. The number of hydrogen-bond donors (Lipinski definition) is 3. The molecule has 1 heterocycles. The molecule has 4 N–H and O–H groups in total. The van der Waals surface area contributed by atoms with Crippen LogP contribution in [0.15, 0.2) is 18.2 Å². The topological polar surface area (TPSA) is 67.2 Å². The summed E-state index contributed by atoms with van der Waals surface area (Å²) in [5, 5.41) is 6.07. The van der Waals surface area contributed by atoms with Gasteiger partial charge in [0.1, 0.15) is 6.04 Å². The first-order valence-electron chi connectivity index (χ1n) is 5.56. The quantitative estimate of drug-likeness (QED) is 0.656. The molecule has 2 rings (SSSR count). The molecule has 1 aromatic rings. The first-order chi connectivity index (χ1) is 7.65. The molecule has 1 aromatic carbocycles. The van der Waals surface area contributed by atoms with Gasteiger partial charge in [0, 0.05) is 17.9 Å². The molecular weight excluding hydrogens is 202 g/mol. The van der Waals surface area contributed by atoms with E-state index in [0.29, 0.717) is 0 Å². The lowest BCUT2D eigenvalue weighted by Gasteiger charge is -2.24. The standard InChI is InChI=1S/C12H17N3O/c1-8-5-9(13)7-10(6-8)15-11-3-2-4-14-12(11)16/h5-7,11,15H,2-4,13H2,1H3,(H,14,16). The average molecular weight is 219 g/mol. The van der Waals surface area contributed by atoms with Crippen molar-refractivity contribution in [3.8, 4) is 0 Å². The minimum Gasteiger partial charge on any atom is -0.399 e. The van der Waals surface area contributed by atoms with Crippen molar-refractivity contribution in [2.75, 3.05) is 17.6 Å². The summed E-state index contributed by atoms with van der Waals surface area (Å²) in [7, 11) is 0. The largest absolute Gasteiger partial charge is 0.399 e. The Hall–Kier alpha value is -1.71. The third-order valence-corrected chi connectivity index (χ3v) is 2.73. The highest BCUT2D eigenvalue weighted by molar-refractivity contribution is 5.85. The third-order valence-electron chi connectivity index (χ3n) is 2.73. The fourth-order valence-corrected chi connectivity index (χ4v) is 2.01. The predicted molar refractivity (Wildman–Crippen MR) is 65.2 cm³/mol. The molecule has 1 unspecified atom stereocenters. The summed E-state index contributed by atoms with van der Waals surface area (Å²) >= 11 is 0. The summed E-state index contributed by atoms with van der Waals surface area (Å²) in [6.07, 6.45) is 1.89. The van der Waals surface area contributed by atoms with Crippen molar-refractivity contribution in [2.45, 2.75) is 25.8 Å². The van der Waals surface area contributed by atoms with E-state index < -0.39 is 0 Å². The van der Waals surface area contributed by atoms with E-state index >= 15 is 0 Å². The number of benzene rings is 1. The highest BCUT2D eigenvalue weighted by atomic mass is 16.2. The lowest BCUT2D eigenvalue weighted by atomic mass is 10.1. The van der Waals surface area contributed by atoms with E-state index in [1.165, 1.54) is 0 Å². The molecule has 0 aromatic heterocycles. The van der Waals surface area contributed by atoms with Crippen molar-refractivity contribution in [1.82, 2.24) is 5.32 Å². The van der Waals surface area contributed by atoms with Gasteiger partial charge in [-0.25, -0.2) is 0 Å². The first-order valence-corrected chi connectivity index (χ1v) is 5.56. The van der Waals surface area contributed by atoms with Gasteiger partial charge in [-0.05, 0) is 43.5 Å². The average Bonchev–Trinajstić information content (AvgIpc) is 2.20. The molecule has 1 amide bonds. The van der Waals surface area contributed by atoms with Gasteiger partial charge in [-0.15, -0.1) is 0 Å². The zero-order chi connectivity index (χ0) is 11.5. The van der Waals surface area contributed by atoms with Crippen LogP contribution in [0.3, 0.4) is 0 Å². The van der Waals surface area contributed by atoms with Crippen LogP contribution in [-0.2, 0) is 4.79 Å². The van der Waals surface area contributed by atoms with Gasteiger partial charge in [-0.2, -0.15) is 0 Å². The van der Waals surface area contributed by atoms with Crippen molar-refractivity contribution >= 4 is 17.3 Å². The summed E-state index contributed by atoms with van der Waals surface area (Å²) in [4.78, 5) is 11.6. The van der Waals surface area contributed by atoms with Crippen LogP contribution in [0.25, 0.3) is 0 Å². The molecule has 0 radical (unpaired) electrons. The minimum atomic E-state index is -0.130. The van der Waals surface area contributed by atoms with Crippen LogP contribution in [0.5, 0.6) is 0 Å². The lowest BCUT2D eigenvalue weighted by Crippen LogP contribution is -2.44. The number of amides is 1. The van der Waals surface area contributed by atoms with Crippen molar-refractivity contribution < 1.29 is 4.79 Å². The number of carbonyl (C=O) groups is 1. The van der Waals surface area contributed by atoms with Crippen LogP contribution >= 0.6 is 0 Å². The van der Waals surface area contributed by atoms with Crippen LogP contribution in [0.2, 0.25) is 0 Å². The van der Waals surface area contributed by atoms with Gasteiger partial charge >= 0.3 is 0 Å². The van der Waals surface area contributed by atoms with Gasteiger partial charge in [0.2, 0.25) is 5.91 Å². The second kappa shape index (κ2) is 4.43. The van der Waals surface area contributed by atoms with Crippen molar-refractivity contribution in [1.29, 1.82) is 0 Å². The van der Waals surface area contributed by atoms with Gasteiger partial charge in [0.15, 0.2) is 0 Å². The molecule has 86 valence electrons. The lowest BCUT2D eigenvalue weighted by molar-refractivity contribution is -0.123. The van der Waals surface area contributed by atoms with Crippen LogP contribution in [0.4, 0.5) is 11.4 Å². The second-order valence-electron chi connectivity index (χ2n) is 4.26. The van der Waals surface area contributed by atoms with Gasteiger partial charge in [-0.3, -0.25) is 4.79 Å². The Morgan fingerprint density at radius 2 is 2.25 bits per heavy atom. The first kappa shape index (κ1) is 10.8. The van der Waals surface area contributed by atoms with Crippen molar-refractivity contribution in [3.63, 3.8) is 0 Å². The molecule has 1 aliphatic heterocycles. The van der Waals surface area contributed by atoms with Crippen molar-refractivity contribution in [2.24, 2.45) is 0 Å². The van der Waals surface area contributed by atoms with E-state index in [2.05, 4.69) is 10.6 Å². The van der Waals surface area contributed by atoms with E-state index in [0.717, 1.165) is 36.3 Å². The maximum atomic E-state index is 11.6. The molecule has 0 aliphatic carbocycles. The van der Waals surface area contributed by atoms with E-state index in [1.54, 1.807) is 0 Å². The molecule has 16 heavy (non-hydrogen) atoms. The Labute approximate surface area is 95.2 Å². The van der Waals surface area contributed by atoms with Crippen LogP contribution in [0.1, 0.15) is 18.4 Å². The van der Waals surface area contributed by atoms with Crippen LogP contribution in [-0.4, -0.2) is 18.5 Å². The Bertz CT molecular complexity index is 383. The monoisotopic (exact) mass is 219 g/mol. The molecule has 1 atom stereocenters. The number of hydrogen-bond acceptors (Lipinski definition) is 3. The Balaban J connectivity index is 2.10. The maximum absolute atomic E-state index is 11.6. The zero-order valence-corrected chi connectivity index (χ0v) is 9.42. The summed E-state index contributed by atoms with van der Waals surface area (Å²) in [6, 6.07) is 5.63. The normalized spacial score (nSPS) is 20.3. The zero-order valence-electron chi connectivity index (χ0n) is 9.42. The molecule has 0 spiro atoms. The van der Waals surface area contributed by atoms with E-state index in [9.17, 15) is 4.79 Å². The number of rotatable bonds is 2. The maximum Gasteiger partial charge on any atom is 0.242 e. The summed E-state index contributed by atoms with van der Waals surface area (Å²) in [5.41, 5.74) is 8.49. The summed E-state index contributed by atoms with van der Waals surface area (Å²) in [6.45, 7) is 2.77. The third kappa shape index (κ3) is 2.45. The molecule has 1 saturated heterocycles. The fraction of sp³-hybridized carbons (Fsp3) is 0.417. The molecule has 0 bridgehead atoms. The number of aryl methyl sites for hydroxylation is 1. The number of nitrogen functional groups attached to an aromatic ring is 1. The smallest absolute Gasteiger partial charge is 0.242 e. The van der Waals surface area contributed by atoms with E-state index in [-0.39, 0.29) is 11.9 Å². The highest BCUT2D eigenvalue weighted by Crippen LogP contribution is 2.18. The van der Waals surface area contributed by atoms with Gasteiger partial charge in [-0.1, -0.05) is 0 Å². The second-order valence-corrected chi connectivity index (χ2v) is 4.26. The Kier molecular flexibility index (Phi) is 2.99. The van der Waals surface area contributed by atoms with Gasteiger partial charge < -0.3 is 16.4 Å². The number of nitrogens with two attached hydrogens (primary N) is 1. The number of anilines is 2. The molecule has 1 aliphatic rings. The Morgan fingerprint density at radius 3 is 2.94 bits per heavy atom. The van der Waals surface area contributed by atoms with Crippen LogP contribution < -0.4 is 16.4 Å². The number of nitrogens with one attached hydrogen (secondary N) is 2. The summed E-state index contributed by atoms with van der Waals surface area (Å²) < 4.78 is 0. The minimum absolute atomic E-state index is 0.0753. The van der Waals surface area contributed by atoms with Crippen LogP contribution in [0, 0.1) is 6.92 Å². The van der Waals surface area contributed by atoms with Crippen molar-refractivity contribution in [3.05, 3.63) is 23.8 Å². The summed E-state index contributed by atoms with van der Waals surface area (Å²) in [5.74, 6) is 0.0753. The predicted octanol–water partition coefficient (Wildman–Crippen LogP) is 1.27.